The number of rotatable bonds is 5. The Morgan fingerprint density at radius 3 is 2.43 bits per heavy atom. The van der Waals surface area contributed by atoms with E-state index in [1.807, 2.05) is 47.5 Å². The predicted octanol–water partition coefficient (Wildman–Crippen LogP) is 4.87. The van der Waals surface area contributed by atoms with Gasteiger partial charge < -0.3 is 19.8 Å². The van der Waals surface area contributed by atoms with E-state index in [1.54, 1.807) is 10.6 Å². The molecule has 3 aromatic rings. The van der Waals surface area contributed by atoms with Crippen molar-refractivity contribution in [2.45, 2.75) is 31.7 Å². The first kappa shape index (κ1) is 24.2. The van der Waals surface area contributed by atoms with Gasteiger partial charge in [-0.2, -0.15) is 0 Å². The van der Waals surface area contributed by atoms with E-state index in [4.69, 9.17) is 11.6 Å². The monoisotopic (exact) mass is 494 g/mol. The van der Waals surface area contributed by atoms with Crippen LogP contribution >= 0.6 is 11.6 Å². The quantitative estimate of drug-likeness (QED) is 0.550. The first-order valence-electron chi connectivity index (χ1n) is 12.7. The molecule has 2 aliphatic heterocycles. The number of aromatic nitrogens is 1. The van der Waals surface area contributed by atoms with Crippen LogP contribution in [0, 0.1) is 5.92 Å². The summed E-state index contributed by atoms with van der Waals surface area (Å²) >= 11 is 6.30. The molecule has 2 saturated heterocycles. The third-order valence-corrected chi connectivity index (χ3v) is 7.99. The van der Waals surface area contributed by atoms with Crippen LogP contribution in [0.2, 0.25) is 5.02 Å². The van der Waals surface area contributed by atoms with Gasteiger partial charge in [-0.05, 0) is 83.1 Å². The number of piperidine rings is 2. The highest BCUT2D eigenvalue weighted by Crippen LogP contribution is 2.35. The molecule has 3 heterocycles. The van der Waals surface area contributed by atoms with Crippen molar-refractivity contribution in [3.8, 4) is 11.6 Å². The summed E-state index contributed by atoms with van der Waals surface area (Å²) in [7, 11) is 4.32. The van der Waals surface area contributed by atoms with E-state index in [2.05, 4.69) is 23.9 Å². The molecule has 6 nitrogen and oxygen atoms in total. The van der Waals surface area contributed by atoms with Gasteiger partial charge in [-0.1, -0.05) is 29.8 Å². The lowest BCUT2D eigenvalue weighted by molar-refractivity contribution is 0.0537. The van der Waals surface area contributed by atoms with Crippen molar-refractivity contribution in [2.75, 3.05) is 46.8 Å². The van der Waals surface area contributed by atoms with Crippen molar-refractivity contribution < 1.29 is 9.90 Å². The summed E-state index contributed by atoms with van der Waals surface area (Å²) < 4.78 is 1.69. The van der Waals surface area contributed by atoms with Crippen LogP contribution in [0.25, 0.3) is 16.5 Å². The van der Waals surface area contributed by atoms with Gasteiger partial charge in [-0.25, -0.2) is 0 Å². The molecule has 2 aromatic carbocycles. The number of nitrogens with zero attached hydrogens (tertiary/aromatic N) is 4. The minimum Gasteiger partial charge on any atom is -0.494 e. The Bertz CT molecular complexity index is 1190. The molecule has 0 bridgehead atoms. The van der Waals surface area contributed by atoms with Crippen molar-refractivity contribution in [1.29, 1.82) is 0 Å². The fourth-order valence-electron chi connectivity index (χ4n) is 5.82. The lowest BCUT2D eigenvalue weighted by Crippen LogP contribution is -2.49. The molecule has 0 unspecified atom stereocenters. The van der Waals surface area contributed by atoms with Gasteiger partial charge in [0.25, 0.3) is 5.91 Å². The van der Waals surface area contributed by atoms with Crippen LogP contribution in [0.3, 0.4) is 0 Å². The molecule has 2 fully saturated rings. The number of benzene rings is 2. The fraction of sp³-hybridized carbons (Fsp3) is 0.464. The summed E-state index contributed by atoms with van der Waals surface area (Å²) in [6.07, 6.45) is 6.47. The van der Waals surface area contributed by atoms with Crippen molar-refractivity contribution >= 4 is 28.3 Å². The maximum absolute atomic E-state index is 13.3. The van der Waals surface area contributed by atoms with Crippen molar-refractivity contribution in [1.82, 2.24) is 19.3 Å². The highest BCUT2D eigenvalue weighted by molar-refractivity contribution is 6.36. The van der Waals surface area contributed by atoms with Crippen LogP contribution in [-0.4, -0.2) is 83.1 Å². The van der Waals surface area contributed by atoms with Gasteiger partial charge in [0.15, 0.2) is 0 Å². The lowest BCUT2D eigenvalue weighted by atomic mass is 9.93. The topological polar surface area (TPSA) is 52.0 Å². The average molecular weight is 495 g/mol. The summed E-state index contributed by atoms with van der Waals surface area (Å²) in [6, 6.07) is 13.6. The summed E-state index contributed by atoms with van der Waals surface area (Å²) in [4.78, 5) is 20.3. The number of halogens is 1. The highest BCUT2D eigenvalue weighted by Gasteiger charge is 2.30. The molecule has 0 aliphatic carbocycles. The Kier molecular flexibility index (Phi) is 7.05. The molecule has 7 heteroatoms. The Balaban J connectivity index is 1.23. The van der Waals surface area contributed by atoms with Crippen LogP contribution in [0.15, 0.2) is 48.7 Å². The molecular weight excluding hydrogens is 460 g/mol. The minimum absolute atomic E-state index is 0.0595. The molecule has 0 saturated carbocycles. The van der Waals surface area contributed by atoms with Crippen LogP contribution in [0.5, 0.6) is 5.88 Å². The number of fused-ring (bicyclic) bond motifs is 1. The van der Waals surface area contributed by atoms with Crippen LogP contribution in [0.1, 0.15) is 36.0 Å². The van der Waals surface area contributed by atoms with Gasteiger partial charge in [-0.15, -0.1) is 0 Å². The van der Waals surface area contributed by atoms with E-state index in [9.17, 15) is 9.90 Å². The van der Waals surface area contributed by atoms with Gasteiger partial charge in [-0.3, -0.25) is 9.36 Å². The first-order valence-corrected chi connectivity index (χ1v) is 13.1. The molecule has 2 aliphatic rings. The van der Waals surface area contributed by atoms with Crippen LogP contribution in [-0.2, 0) is 0 Å². The van der Waals surface area contributed by atoms with E-state index in [0.717, 1.165) is 42.9 Å². The second-order valence-electron chi connectivity index (χ2n) is 10.3. The molecule has 0 atom stereocenters. The number of carbonyl (C=O) groups is 1. The molecule has 1 aromatic heterocycles. The first-order chi connectivity index (χ1) is 16.9. The van der Waals surface area contributed by atoms with E-state index >= 15 is 0 Å². The highest BCUT2D eigenvalue weighted by atomic mass is 35.5. The molecule has 1 amide bonds. The van der Waals surface area contributed by atoms with Gasteiger partial charge >= 0.3 is 0 Å². The largest absolute Gasteiger partial charge is 0.494 e. The number of hydrogen-bond acceptors (Lipinski definition) is 4. The van der Waals surface area contributed by atoms with Gasteiger partial charge in [0.1, 0.15) is 0 Å². The Morgan fingerprint density at radius 2 is 1.74 bits per heavy atom. The van der Waals surface area contributed by atoms with E-state index in [0.29, 0.717) is 22.0 Å². The number of carbonyl (C=O) groups excluding carboxylic acids is 1. The van der Waals surface area contributed by atoms with Gasteiger partial charge in [0.05, 0.1) is 10.4 Å². The van der Waals surface area contributed by atoms with E-state index in [-0.39, 0.29) is 11.8 Å². The lowest BCUT2D eigenvalue weighted by Gasteiger charge is -2.42. The summed E-state index contributed by atoms with van der Waals surface area (Å²) in [5.41, 5.74) is 1.39. The standard InChI is InChI=1S/C28H35ClN4O2/c1-30(2)18-20-9-13-31(14-10-20)23-11-15-32(16-12-23)27(34)21-5-3-7-24(17-21)33-19-22-6-4-8-25(29)26(22)28(33)35/h3-8,17,19-20,23,35H,9-16,18H2,1-2H3. The van der Waals surface area contributed by atoms with Gasteiger partial charge in [0, 0.05) is 48.5 Å². The Labute approximate surface area is 212 Å². The number of hydrogen-bond donors (Lipinski definition) is 1. The maximum atomic E-state index is 13.3. The van der Waals surface area contributed by atoms with Crippen molar-refractivity contribution in [3.63, 3.8) is 0 Å². The average Bonchev–Trinajstić information content (AvgIpc) is 3.21. The van der Waals surface area contributed by atoms with E-state index in [1.165, 1.54) is 32.5 Å². The second kappa shape index (κ2) is 10.2. The third kappa shape index (κ3) is 5.06. The van der Waals surface area contributed by atoms with Crippen molar-refractivity contribution in [3.05, 3.63) is 59.2 Å². The fourth-order valence-corrected chi connectivity index (χ4v) is 6.09. The summed E-state index contributed by atoms with van der Waals surface area (Å²) in [5.74, 6) is 0.957. The summed E-state index contributed by atoms with van der Waals surface area (Å²) in [5, 5.41) is 12.8. The Morgan fingerprint density at radius 1 is 1.03 bits per heavy atom. The molecule has 35 heavy (non-hydrogen) atoms. The zero-order chi connectivity index (χ0) is 24.5. The molecule has 0 radical (unpaired) electrons. The maximum Gasteiger partial charge on any atom is 0.253 e. The SMILES string of the molecule is CN(C)CC1CCN(C2CCN(C(=O)c3cccc(-n4cc5cccc(Cl)c5c4O)c3)CC2)CC1. The third-order valence-electron chi connectivity index (χ3n) is 7.68. The zero-order valence-electron chi connectivity index (χ0n) is 20.7. The van der Waals surface area contributed by atoms with Crippen LogP contribution < -0.4 is 0 Å². The van der Waals surface area contributed by atoms with Crippen molar-refractivity contribution in [2.24, 2.45) is 5.92 Å². The zero-order valence-corrected chi connectivity index (χ0v) is 21.4. The van der Waals surface area contributed by atoms with E-state index < -0.39 is 0 Å². The molecule has 186 valence electrons. The molecule has 0 spiro atoms. The molecule has 5 rings (SSSR count). The predicted molar refractivity (Wildman–Crippen MR) is 142 cm³/mol. The molecule has 1 N–H and O–H groups in total. The van der Waals surface area contributed by atoms with Gasteiger partial charge in [0.2, 0.25) is 5.88 Å². The minimum atomic E-state index is 0.0595. The van der Waals surface area contributed by atoms with Crippen LogP contribution in [0.4, 0.5) is 0 Å². The number of amides is 1. The second-order valence-corrected chi connectivity index (χ2v) is 10.7. The smallest absolute Gasteiger partial charge is 0.253 e. The number of likely N-dealkylation sites (tertiary alicyclic amines) is 2. The Hall–Kier alpha value is -2.54. The summed E-state index contributed by atoms with van der Waals surface area (Å²) in [6.45, 7) is 5.12. The normalized spacial score (nSPS) is 18.6. The molecular formula is C28H35ClN4O2. The number of aromatic hydroxyl groups is 1.